The van der Waals surface area contributed by atoms with E-state index in [9.17, 15) is 14.4 Å². The Kier molecular flexibility index (Phi) is 7.65. The second-order valence-corrected chi connectivity index (χ2v) is 10.5. The van der Waals surface area contributed by atoms with Gasteiger partial charge in [-0.3, -0.25) is 24.3 Å². The molecule has 2 saturated heterocycles. The molecule has 0 spiro atoms. The second-order valence-electron chi connectivity index (χ2n) is 10.5. The number of rotatable bonds is 9. The number of carbonyl (C=O) groups is 3. The number of nitrogens with zero attached hydrogens (tertiary/aromatic N) is 4. The summed E-state index contributed by atoms with van der Waals surface area (Å²) in [5.74, 6) is 0.421. The van der Waals surface area contributed by atoms with Crippen LogP contribution >= 0.6 is 0 Å². The van der Waals surface area contributed by atoms with Crippen LogP contribution < -0.4 is 0 Å². The molecule has 35 heavy (non-hydrogen) atoms. The first-order valence-electron chi connectivity index (χ1n) is 12.5. The minimum absolute atomic E-state index is 0.00606. The van der Waals surface area contributed by atoms with Gasteiger partial charge >= 0.3 is 0 Å². The van der Waals surface area contributed by atoms with Crippen molar-refractivity contribution in [3.05, 3.63) is 66.0 Å². The van der Waals surface area contributed by atoms with Crippen LogP contribution in [0.2, 0.25) is 0 Å². The van der Waals surface area contributed by atoms with E-state index in [4.69, 9.17) is 0 Å². The molecular formula is C28H36N4O3. The van der Waals surface area contributed by atoms with Crippen LogP contribution in [0.1, 0.15) is 44.2 Å². The van der Waals surface area contributed by atoms with E-state index < -0.39 is 5.41 Å². The Morgan fingerprint density at radius 3 is 2.54 bits per heavy atom. The summed E-state index contributed by atoms with van der Waals surface area (Å²) in [5, 5.41) is 0. The van der Waals surface area contributed by atoms with Crippen molar-refractivity contribution < 1.29 is 14.4 Å². The SMILES string of the molecule is CC(C)CN1CC[C@@H](CN(C)C(=O)C[C@@]2(c3ccccc3)CC(=O)N(Cc3ccncc3)C2=O)C1. The smallest absolute Gasteiger partial charge is 0.241 e. The molecule has 2 fully saturated rings. The lowest BCUT2D eigenvalue weighted by molar-refractivity contribution is -0.143. The molecule has 4 rings (SSSR count). The van der Waals surface area contributed by atoms with E-state index in [-0.39, 0.29) is 37.1 Å². The summed E-state index contributed by atoms with van der Waals surface area (Å²) in [7, 11) is 1.82. The summed E-state index contributed by atoms with van der Waals surface area (Å²) in [6.45, 7) is 8.45. The normalized spacial score (nSPS) is 22.9. The minimum atomic E-state index is -1.17. The first-order valence-corrected chi connectivity index (χ1v) is 12.5. The summed E-state index contributed by atoms with van der Waals surface area (Å²) in [4.78, 5) is 49.9. The number of pyridine rings is 1. The predicted molar refractivity (Wildman–Crippen MR) is 134 cm³/mol. The van der Waals surface area contributed by atoms with Crippen LogP contribution in [0.5, 0.6) is 0 Å². The molecule has 0 radical (unpaired) electrons. The molecule has 186 valence electrons. The second kappa shape index (κ2) is 10.7. The Hall–Kier alpha value is -3.06. The average Bonchev–Trinajstić information content (AvgIpc) is 3.37. The van der Waals surface area contributed by atoms with Gasteiger partial charge in [-0.25, -0.2) is 0 Å². The van der Waals surface area contributed by atoms with Gasteiger partial charge in [-0.2, -0.15) is 0 Å². The number of carbonyl (C=O) groups excluding carboxylic acids is 3. The Morgan fingerprint density at radius 1 is 1.14 bits per heavy atom. The van der Waals surface area contributed by atoms with Crippen LogP contribution in [0, 0.1) is 11.8 Å². The highest BCUT2D eigenvalue weighted by atomic mass is 16.2. The molecule has 1 aromatic heterocycles. The zero-order valence-corrected chi connectivity index (χ0v) is 21.0. The predicted octanol–water partition coefficient (Wildman–Crippen LogP) is 3.10. The molecule has 2 aliphatic heterocycles. The first kappa shape index (κ1) is 25.0. The number of aromatic nitrogens is 1. The van der Waals surface area contributed by atoms with Crippen LogP contribution in [0.25, 0.3) is 0 Å². The van der Waals surface area contributed by atoms with Gasteiger partial charge in [0, 0.05) is 51.9 Å². The molecule has 0 bridgehead atoms. The van der Waals surface area contributed by atoms with Gasteiger partial charge in [0.25, 0.3) is 0 Å². The summed E-state index contributed by atoms with van der Waals surface area (Å²) < 4.78 is 0. The molecular weight excluding hydrogens is 440 g/mol. The summed E-state index contributed by atoms with van der Waals surface area (Å²) in [6, 6.07) is 12.9. The lowest BCUT2D eigenvalue weighted by atomic mass is 9.75. The van der Waals surface area contributed by atoms with Crippen LogP contribution in [-0.2, 0) is 26.3 Å². The Morgan fingerprint density at radius 2 is 1.86 bits per heavy atom. The standard InChI is InChI=1S/C28H36N4O3/c1-21(2)17-31-14-11-23(19-31)18-30(3)25(33)15-28(24-7-5-4-6-8-24)16-26(34)32(27(28)35)20-22-9-12-29-13-10-22/h4-10,12-13,21,23H,11,14-20H2,1-3H3/t23-,28-/m0/s1. The molecule has 0 aliphatic carbocycles. The lowest BCUT2D eigenvalue weighted by Gasteiger charge is -2.30. The highest BCUT2D eigenvalue weighted by Crippen LogP contribution is 2.41. The Labute approximate surface area is 208 Å². The number of imide groups is 1. The third-order valence-electron chi connectivity index (χ3n) is 7.23. The van der Waals surface area contributed by atoms with Crippen molar-refractivity contribution in [2.24, 2.45) is 11.8 Å². The largest absolute Gasteiger partial charge is 0.345 e. The maximum absolute atomic E-state index is 13.8. The van der Waals surface area contributed by atoms with Crippen LogP contribution in [0.3, 0.4) is 0 Å². The molecule has 0 saturated carbocycles. The fourth-order valence-electron chi connectivity index (χ4n) is 5.48. The van der Waals surface area contributed by atoms with Crippen LogP contribution in [-0.4, -0.2) is 70.6 Å². The Bertz CT molecular complexity index is 1040. The monoisotopic (exact) mass is 476 g/mol. The maximum Gasteiger partial charge on any atom is 0.241 e. The summed E-state index contributed by atoms with van der Waals surface area (Å²) in [6.07, 6.45) is 4.37. The van der Waals surface area contributed by atoms with E-state index >= 15 is 0 Å². The first-order chi connectivity index (χ1) is 16.8. The molecule has 3 amide bonds. The third-order valence-corrected chi connectivity index (χ3v) is 7.23. The van der Waals surface area contributed by atoms with Crippen LogP contribution in [0.4, 0.5) is 0 Å². The van der Waals surface area contributed by atoms with E-state index in [0.29, 0.717) is 18.4 Å². The molecule has 2 aliphatic rings. The molecule has 0 N–H and O–H groups in total. The van der Waals surface area contributed by atoms with Crippen molar-refractivity contribution in [3.8, 4) is 0 Å². The van der Waals surface area contributed by atoms with Crippen molar-refractivity contribution >= 4 is 17.7 Å². The number of hydrogen-bond acceptors (Lipinski definition) is 5. The van der Waals surface area contributed by atoms with E-state index in [1.807, 2.05) is 37.4 Å². The van der Waals surface area contributed by atoms with E-state index in [0.717, 1.165) is 37.2 Å². The molecule has 3 heterocycles. The van der Waals surface area contributed by atoms with E-state index in [1.165, 1.54) is 4.90 Å². The minimum Gasteiger partial charge on any atom is -0.345 e. The Balaban J connectivity index is 1.50. The van der Waals surface area contributed by atoms with Gasteiger partial charge in [-0.05, 0) is 48.1 Å². The van der Waals surface area contributed by atoms with Crippen molar-refractivity contribution in [2.45, 2.75) is 45.1 Å². The topological polar surface area (TPSA) is 73.8 Å². The quantitative estimate of drug-likeness (QED) is 0.520. The number of amides is 3. The van der Waals surface area contributed by atoms with E-state index in [1.54, 1.807) is 29.4 Å². The number of hydrogen-bond donors (Lipinski definition) is 0. The summed E-state index contributed by atoms with van der Waals surface area (Å²) in [5.41, 5.74) is 0.387. The molecule has 1 aromatic carbocycles. The molecule has 7 nitrogen and oxygen atoms in total. The van der Waals surface area contributed by atoms with Crippen molar-refractivity contribution in [1.29, 1.82) is 0 Å². The molecule has 7 heteroatoms. The lowest BCUT2D eigenvalue weighted by Crippen LogP contribution is -2.43. The zero-order valence-electron chi connectivity index (χ0n) is 21.0. The van der Waals surface area contributed by atoms with Crippen molar-refractivity contribution in [1.82, 2.24) is 19.7 Å². The van der Waals surface area contributed by atoms with Gasteiger partial charge in [0.1, 0.15) is 0 Å². The fraction of sp³-hybridized carbons (Fsp3) is 0.500. The van der Waals surface area contributed by atoms with Crippen LogP contribution in [0.15, 0.2) is 54.9 Å². The fourth-order valence-corrected chi connectivity index (χ4v) is 5.48. The van der Waals surface area contributed by atoms with Crippen molar-refractivity contribution in [3.63, 3.8) is 0 Å². The maximum atomic E-state index is 13.8. The van der Waals surface area contributed by atoms with E-state index in [2.05, 4.69) is 23.7 Å². The highest BCUT2D eigenvalue weighted by molar-refractivity contribution is 6.10. The number of likely N-dealkylation sites (tertiary alicyclic amines) is 2. The van der Waals surface area contributed by atoms with Gasteiger partial charge in [0.15, 0.2) is 0 Å². The van der Waals surface area contributed by atoms with Gasteiger partial charge in [-0.1, -0.05) is 44.2 Å². The summed E-state index contributed by atoms with van der Waals surface area (Å²) >= 11 is 0. The number of benzene rings is 1. The van der Waals surface area contributed by atoms with Gasteiger partial charge in [-0.15, -0.1) is 0 Å². The highest BCUT2D eigenvalue weighted by Gasteiger charge is 2.54. The zero-order chi connectivity index (χ0) is 25.0. The molecule has 0 unspecified atom stereocenters. The molecule has 2 aromatic rings. The van der Waals surface area contributed by atoms with Gasteiger partial charge in [0.05, 0.1) is 12.0 Å². The van der Waals surface area contributed by atoms with Gasteiger partial charge < -0.3 is 9.80 Å². The molecule has 2 atom stereocenters. The van der Waals surface area contributed by atoms with Crippen molar-refractivity contribution in [2.75, 3.05) is 33.2 Å². The third kappa shape index (κ3) is 5.61. The average molecular weight is 477 g/mol. The van der Waals surface area contributed by atoms with Gasteiger partial charge in [0.2, 0.25) is 17.7 Å².